The Kier molecular flexibility index (Phi) is 13.5. The van der Waals surface area contributed by atoms with E-state index in [1.54, 1.807) is 0 Å². The quantitative estimate of drug-likeness (QED) is 0.0822. The fourth-order valence-electron chi connectivity index (χ4n) is 4.00. The third-order valence-corrected chi connectivity index (χ3v) is 6.92. The number of rotatable bonds is 14. The summed E-state index contributed by atoms with van der Waals surface area (Å²) in [6.45, 7) is 4.58. The number of nitro benzene ring substituents is 1. The van der Waals surface area contributed by atoms with Crippen molar-refractivity contribution in [2.24, 2.45) is 0 Å². The summed E-state index contributed by atoms with van der Waals surface area (Å²) in [7, 11) is 0. The van der Waals surface area contributed by atoms with Gasteiger partial charge in [-0.05, 0) is 30.7 Å². The molecule has 1 heterocycles. The molecule has 2 rings (SSSR count). The lowest BCUT2D eigenvalue weighted by Crippen LogP contribution is -2.65. The maximum atomic E-state index is 12.1. The molecule has 0 spiro atoms. The first-order valence-corrected chi connectivity index (χ1v) is 13.9. The molecule has 0 aromatic heterocycles. The first kappa shape index (κ1) is 33.5. The summed E-state index contributed by atoms with van der Waals surface area (Å²) in [4.78, 5) is 69.5. The van der Waals surface area contributed by atoms with Crippen molar-refractivity contribution in [2.45, 2.75) is 83.2 Å². The first-order chi connectivity index (χ1) is 19.4. The summed E-state index contributed by atoms with van der Waals surface area (Å²) < 4.78 is 27.2. The van der Waals surface area contributed by atoms with Crippen LogP contribution in [-0.4, -0.2) is 76.9 Å². The Hall–Kier alpha value is -3.72. The second-order valence-corrected chi connectivity index (χ2v) is 10.3. The number of hydrogen-bond donors (Lipinski definition) is 1. The Balaban J connectivity index is 1.97. The lowest BCUT2D eigenvalue weighted by Gasteiger charge is -2.45. The summed E-state index contributed by atoms with van der Waals surface area (Å²) in [5, 5.41) is 13.4. The van der Waals surface area contributed by atoms with E-state index >= 15 is 0 Å². The summed E-state index contributed by atoms with van der Waals surface area (Å²) in [5.41, 5.74) is -0.855. The van der Waals surface area contributed by atoms with Gasteiger partial charge in [0.25, 0.3) is 5.69 Å². The molecule has 226 valence electrons. The van der Waals surface area contributed by atoms with Gasteiger partial charge in [-0.1, -0.05) is 6.42 Å². The number of carbonyl (C=O) groups excluding carboxylic acids is 5. The average Bonchev–Trinajstić information content (AvgIpc) is 2.87. The van der Waals surface area contributed by atoms with Crippen molar-refractivity contribution in [3.63, 3.8) is 0 Å². The van der Waals surface area contributed by atoms with Crippen LogP contribution in [-0.2, 0) is 42.9 Å². The van der Waals surface area contributed by atoms with Crippen LogP contribution in [0.15, 0.2) is 24.3 Å². The Bertz CT molecular complexity index is 1100. The monoisotopic (exact) mass is 598 g/mol. The van der Waals surface area contributed by atoms with Gasteiger partial charge in [-0.15, -0.1) is 11.8 Å². The SMILES string of the molecule is CC(=O)N[C@H]1C(OC(C)=O)[C@H](OC(C)=O)C(COC(C)=O)O[C@H]1SCCCCCC(=O)Oc1ccc([N+](=O)[O-])cc1. The number of nitrogens with one attached hydrogen (secondary N) is 1. The highest BCUT2D eigenvalue weighted by Crippen LogP contribution is 2.33. The minimum atomic E-state index is -1.15. The zero-order chi connectivity index (χ0) is 30.5. The summed E-state index contributed by atoms with van der Waals surface area (Å²) in [5.74, 6) is -2.08. The van der Waals surface area contributed by atoms with Crippen LogP contribution >= 0.6 is 11.8 Å². The van der Waals surface area contributed by atoms with Crippen molar-refractivity contribution in [1.82, 2.24) is 5.32 Å². The van der Waals surface area contributed by atoms with E-state index in [1.165, 1.54) is 63.7 Å². The second kappa shape index (κ2) is 16.5. The fraction of sp³-hybridized carbons (Fsp3) is 0.577. The van der Waals surface area contributed by atoms with Gasteiger partial charge in [0.05, 0.1) is 4.92 Å². The molecule has 5 atom stereocenters. The number of benzene rings is 1. The normalized spacial score (nSPS) is 21.7. The molecule has 0 bridgehead atoms. The Morgan fingerprint density at radius 2 is 1.56 bits per heavy atom. The minimum Gasteiger partial charge on any atom is -0.463 e. The zero-order valence-electron chi connectivity index (χ0n) is 23.2. The Morgan fingerprint density at radius 3 is 2.12 bits per heavy atom. The minimum absolute atomic E-state index is 0.108. The van der Waals surface area contributed by atoms with Crippen molar-refractivity contribution in [3.8, 4) is 5.75 Å². The van der Waals surface area contributed by atoms with E-state index in [4.69, 9.17) is 23.7 Å². The molecule has 0 aliphatic carbocycles. The van der Waals surface area contributed by atoms with E-state index in [1.807, 2.05) is 0 Å². The highest BCUT2D eigenvalue weighted by atomic mass is 32.2. The third-order valence-electron chi connectivity index (χ3n) is 5.66. The van der Waals surface area contributed by atoms with Gasteiger partial charge in [0.15, 0.2) is 12.2 Å². The number of nitrogens with zero attached hydrogens (tertiary/aromatic N) is 1. The third kappa shape index (κ3) is 11.7. The molecule has 1 aromatic rings. The molecule has 0 saturated carbocycles. The number of carbonyl (C=O) groups is 5. The van der Waals surface area contributed by atoms with Crippen molar-refractivity contribution in [1.29, 1.82) is 0 Å². The molecule has 1 N–H and O–H groups in total. The number of ether oxygens (including phenoxy) is 5. The van der Waals surface area contributed by atoms with Crippen molar-refractivity contribution >= 4 is 47.2 Å². The van der Waals surface area contributed by atoms with E-state index in [9.17, 15) is 34.1 Å². The first-order valence-electron chi connectivity index (χ1n) is 12.8. The molecule has 1 fully saturated rings. The molecule has 1 aliphatic rings. The topological polar surface area (TPSA) is 187 Å². The smallest absolute Gasteiger partial charge is 0.311 e. The fourth-order valence-corrected chi connectivity index (χ4v) is 5.25. The highest BCUT2D eigenvalue weighted by molar-refractivity contribution is 7.99. The maximum Gasteiger partial charge on any atom is 0.311 e. The lowest BCUT2D eigenvalue weighted by molar-refractivity contribution is -0.384. The predicted molar refractivity (Wildman–Crippen MR) is 144 cm³/mol. The average molecular weight is 599 g/mol. The van der Waals surface area contributed by atoms with Crippen LogP contribution < -0.4 is 10.1 Å². The summed E-state index contributed by atoms with van der Waals surface area (Å²) in [6, 6.07) is 4.33. The van der Waals surface area contributed by atoms with E-state index in [2.05, 4.69) is 5.32 Å². The number of non-ortho nitro benzene ring substituents is 1. The molecule has 14 nitrogen and oxygen atoms in total. The molecule has 1 saturated heterocycles. The van der Waals surface area contributed by atoms with Crippen molar-refractivity contribution in [3.05, 3.63) is 34.4 Å². The number of amides is 1. The molecular formula is C26H34N2O12S. The number of thioether (sulfide) groups is 1. The van der Waals surface area contributed by atoms with Crippen LogP contribution in [0.5, 0.6) is 5.75 Å². The largest absolute Gasteiger partial charge is 0.463 e. The van der Waals surface area contributed by atoms with Gasteiger partial charge >= 0.3 is 23.9 Å². The van der Waals surface area contributed by atoms with Gasteiger partial charge in [-0.25, -0.2) is 0 Å². The Labute approximate surface area is 240 Å². The van der Waals surface area contributed by atoms with Gasteiger partial charge in [-0.2, -0.15) is 0 Å². The number of esters is 4. The van der Waals surface area contributed by atoms with Crippen LogP contribution in [0.25, 0.3) is 0 Å². The molecule has 0 radical (unpaired) electrons. The summed E-state index contributed by atoms with van der Waals surface area (Å²) in [6.07, 6.45) is -1.26. The van der Waals surface area contributed by atoms with Crippen molar-refractivity contribution in [2.75, 3.05) is 12.4 Å². The molecule has 1 amide bonds. The molecule has 2 unspecified atom stereocenters. The van der Waals surface area contributed by atoms with Crippen LogP contribution in [0.3, 0.4) is 0 Å². The van der Waals surface area contributed by atoms with Crippen LogP contribution in [0, 0.1) is 10.1 Å². The van der Waals surface area contributed by atoms with E-state index < -0.39 is 64.5 Å². The van der Waals surface area contributed by atoms with E-state index in [0.717, 1.165) is 0 Å². The summed E-state index contributed by atoms with van der Waals surface area (Å²) >= 11 is 1.32. The molecule has 41 heavy (non-hydrogen) atoms. The van der Waals surface area contributed by atoms with Gasteiger partial charge in [-0.3, -0.25) is 34.1 Å². The lowest BCUT2D eigenvalue weighted by atomic mass is 9.97. The van der Waals surface area contributed by atoms with Gasteiger partial charge in [0, 0.05) is 46.2 Å². The standard InChI is InChI=1S/C26H34N2O12S/c1-15(29)27-23-25(38-18(4)32)24(37-17(3)31)21(14-36-16(2)30)40-26(23)41-13-7-5-6-8-22(33)39-20-11-9-19(10-12-20)28(34)35/h9-12,21,23-26H,5-8,13-14H2,1-4H3,(H,27,29)/t21?,23-,24+,25?,26-/m0/s1. The number of nitro groups is 1. The molecule has 1 aliphatic heterocycles. The highest BCUT2D eigenvalue weighted by Gasteiger charge is 2.50. The molecule has 15 heteroatoms. The van der Waals surface area contributed by atoms with Gasteiger partial charge in [0.2, 0.25) is 5.91 Å². The zero-order valence-corrected chi connectivity index (χ0v) is 24.0. The Morgan fingerprint density at radius 1 is 0.927 bits per heavy atom. The van der Waals surface area contributed by atoms with Crippen LogP contribution in [0.2, 0.25) is 0 Å². The predicted octanol–water partition coefficient (Wildman–Crippen LogP) is 2.45. The molecule has 1 aromatic carbocycles. The number of hydrogen-bond acceptors (Lipinski definition) is 13. The van der Waals surface area contributed by atoms with Gasteiger partial charge in [0.1, 0.15) is 29.9 Å². The molecular weight excluding hydrogens is 564 g/mol. The van der Waals surface area contributed by atoms with E-state index in [-0.39, 0.29) is 24.5 Å². The van der Waals surface area contributed by atoms with Crippen LogP contribution in [0.1, 0.15) is 53.4 Å². The second-order valence-electron chi connectivity index (χ2n) is 9.13. The van der Waals surface area contributed by atoms with Crippen LogP contribution in [0.4, 0.5) is 5.69 Å². The van der Waals surface area contributed by atoms with E-state index in [0.29, 0.717) is 25.0 Å². The maximum absolute atomic E-state index is 12.1. The number of unbranched alkanes of at least 4 members (excludes halogenated alkanes) is 2. The van der Waals surface area contributed by atoms with Crippen molar-refractivity contribution < 1.29 is 52.6 Å². The van der Waals surface area contributed by atoms with Gasteiger partial charge < -0.3 is 29.0 Å².